The minimum atomic E-state index is -2.87. The summed E-state index contributed by atoms with van der Waals surface area (Å²) in [5.41, 5.74) is -0.0905. The molecule has 2 atom stereocenters. The van der Waals surface area contributed by atoms with Gasteiger partial charge in [-0.15, -0.1) is 0 Å². The van der Waals surface area contributed by atoms with E-state index < -0.39 is 8.80 Å². The van der Waals surface area contributed by atoms with Crippen molar-refractivity contribution < 1.29 is 22.8 Å². The van der Waals surface area contributed by atoms with Crippen LogP contribution in [0.1, 0.15) is 79.1 Å². The highest BCUT2D eigenvalue weighted by atomic mass is 28.4. The monoisotopic (exact) mass is 376 g/mol. The van der Waals surface area contributed by atoms with E-state index in [2.05, 4.69) is 27.7 Å². The van der Waals surface area contributed by atoms with Crippen LogP contribution < -0.4 is 0 Å². The molecule has 1 aliphatic rings. The molecule has 1 saturated heterocycles. The average Bonchev–Trinajstić information content (AvgIpc) is 3.43. The number of unbranched alkanes of at least 4 members (excludes halogenated alkanes) is 3. The Bertz CT molecular complexity index is 286. The molecular weight excluding hydrogens is 336 g/mol. The number of hydrogen-bond donors (Lipinski definition) is 0. The van der Waals surface area contributed by atoms with Gasteiger partial charge in [0.15, 0.2) is 0 Å². The highest BCUT2D eigenvalue weighted by molar-refractivity contribution is 6.62. The van der Waals surface area contributed by atoms with Crippen LogP contribution in [0.2, 0.25) is 0 Å². The third-order valence-corrected chi connectivity index (χ3v) is 7.30. The van der Waals surface area contributed by atoms with Crippen LogP contribution in [0.4, 0.5) is 0 Å². The Morgan fingerprint density at radius 1 is 0.840 bits per heavy atom. The second kappa shape index (κ2) is 14.1. The van der Waals surface area contributed by atoms with Gasteiger partial charge in [-0.2, -0.15) is 0 Å². The molecule has 5 nitrogen and oxygen atoms in total. The van der Waals surface area contributed by atoms with Crippen molar-refractivity contribution >= 4 is 8.80 Å². The molecule has 0 spiro atoms. The van der Waals surface area contributed by atoms with Gasteiger partial charge < -0.3 is 22.8 Å². The number of epoxide rings is 1. The van der Waals surface area contributed by atoms with Crippen molar-refractivity contribution in [3.8, 4) is 0 Å². The standard InChI is InChI=1S/C19H40O5Si/c1-5-9-13-22-25(23-14-10-6-2,24-15-11-7-3)19(12-8-4)21-17-18-16-20-18/h18-19H,5-17H2,1-4H3. The third kappa shape index (κ3) is 9.49. The zero-order chi connectivity index (χ0) is 18.4. The molecule has 1 aliphatic heterocycles. The van der Waals surface area contributed by atoms with Crippen LogP contribution in [-0.2, 0) is 22.8 Å². The van der Waals surface area contributed by atoms with Gasteiger partial charge in [-0.1, -0.05) is 53.4 Å². The first-order valence-corrected chi connectivity index (χ1v) is 12.2. The first-order valence-electron chi connectivity index (χ1n) is 10.4. The molecule has 0 radical (unpaired) electrons. The Hall–Kier alpha value is 0.0169. The topological polar surface area (TPSA) is 49.5 Å². The van der Waals surface area contributed by atoms with Gasteiger partial charge in [0.2, 0.25) is 0 Å². The van der Waals surface area contributed by atoms with E-state index in [4.69, 9.17) is 22.8 Å². The van der Waals surface area contributed by atoms with Gasteiger partial charge in [-0.3, -0.25) is 0 Å². The smallest absolute Gasteiger partial charge is 0.372 e. The van der Waals surface area contributed by atoms with Gasteiger partial charge in [-0.05, 0) is 25.7 Å². The van der Waals surface area contributed by atoms with E-state index in [1.165, 1.54) is 0 Å². The normalized spacial score (nSPS) is 18.5. The Balaban J connectivity index is 2.82. The Morgan fingerprint density at radius 3 is 1.68 bits per heavy atom. The molecule has 1 fully saturated rings. The van der Waals surface area contributed by atoms with E-state index >= 15 is 0 Å². The largest absolute Gasteiger partial charge is 0.531 e. The maximum absolute atomic E-state index is 6.36. The fourth-order valence-electron chi connectivity index (χ4n) is 2.49. The molecule has 1 heterocycles. The van der Waals surface area contributed by atoms with Crippen LogP contribution in [0.5, 0.6) is 0 Å². The lowest BCUT2D eigenvalue weighted by atomic mass is 10.3. The second-order valence-electron chi connectivity index (χ2n) is 6.78. The van der Waals surface area contributed by atoms with Crippen molar-refractivity contribution in [3.05, 3.63) is 0 Å². The Morgan fingerprint density at radius 2 is 1.32 bits per heavy atom. The fraction of sp³-hybridized carbons (Fsp3) is 1.00. The van der Waals surface area contributed by atoms with Crippen molar-refractivity contribution in [1.29, 1.82) is 0 Å². The number of hydrogen-bond acceptors (Lipinski definition) is 5. The van der Waals surface area contributed by atoms with Crippen LogP contribution in [0.25, 0.3) is 0 Å². The van der Waals surface area contributed by atoms with Crippen molar-refractivity contribution in [2.45, 2.75) is 90.9 Å². The van der Waals surface area contributed by atoms with E-state index in [1.54, 1.807) is 0 Å². The Labute approximate surface area is 156 Å². The molecule has 0 N–H and O–H groups in total. The Kier molecular flexibility index (Phi) is 13.0. The highest BCUT2D eigenvalue weighted by Crippen LogP contribution is 2.25. The van der Waals surface area contributed by atoms with Crippen molar-refractivity contribution in [2.75, 3.05) is 33.0 Å². The first-order chi connectivity index (χ1) is 12.2. The summed E-state index contributed by atoms with van der Waals surface area (Å²) in [5.74, 6) is 0. The van der Waals surface area contributed by atoms with Crippen LogP contribution in [0, 0.1) is 0 Å². The van der Waals surface area contributed by atoms with Gasteiger partial charge in [-0.25, -0.2) is 0 Å². The van der Waals surface area contributed by atoms with Crippen molar-refractivity contribution in [1.82, 2.24) is 0 Å². The average molecular weight is 377 g/mol. The van der Waals surface area contributed by atoms with Gasteiger partial charge in [0, 0.05) is 19.8 Å². The lowest BCUT2D eigenvalue weighted by Crippen LogP contribution is -2.58. The minimum Gasteiger partial charge on any atom is -0.372 e. The summed E-state index contributed by atoms with van der Waals surface area (Å²) in [6.07, 6.45) is 8.54. The molecule has 150 valence electrons. The molecule has 0 amide bonds. The van der Waals surface area contributed by atoms with E-state index in [0.717, 1.165) is 58.0 Å². The van der Waals surface area contributed by atoms with E-state index in [1.807, 2.05) is 0 Å². The molecule has 0 aromatic carbocycles. The first kappa shape index (κ1) is 23.1. The quantitative estimate of drug-likeness (QED) is 0.200. The second-order valence-corrected chi connectivity index (χ2v) is 9.49. The predicted octanol–water partition coefficient (Wildman–Crippen LogP) is 4.50. The van der Waals surface area contributed by atoms with Gasteiger partial charge in [0.25, 0.3) is 0 Å². The lowest BCUT2D eigenvalue weighted by Gasteiger charge is -2.36. The zero-order valence-corrected chi connectivity index (χ0v) is 17.9. The molecule has 0 aromatic heterocycles. The van der Waals surface area contributed by atoms with E-state index in [0.29, 0.717) is 26.4 Å². The molecule has 6 heteroatoms. The summed E-state index contributed by atoms with van der Waals surface area (Å²) in [6, 6.07) is 0. The lowest BCUT2D eigenvalue weighted by molar-refractivity contribution is -0.0231. The molecule has 25 heavy (non-hydrogen) atoms. The summed E-state index contributed by atoms with van der Waals surface area (Å²) in [7, 11) is -2.87. The summed E-state index contributed by atoms with van der Waals surface area (Å²) < 4.78 is 30.6. The fourth-order valence-corrected chi connectivity index (χ4v) is 5.53. The molecule has 0 bridgehead atoms. The molecule has 1 rings (SSSR count). The number of rotatable bonds is 18. The molecular formula is C19H40O5Si. The summed E-state index contributed by atoms with van der Waals surface area (Å²) >= 11 is 0. The minimum absolute atomic E-state index is 0.0905. The predicted molar refractivity (Wildman–Crippen MR) is 103 cm³/mol. The SMILES string of the molecule is CCCCO[Si](OCCCC)(OCCCC)C(CCC)OCC1CO1. The maximum atomic E-state index is 6.36. The van der Waals surface area contributed by atoms with Crippen LogP contribution in [-0.4, -0.2) is 53.7 Å². The number of ether oxygens (including phenoxy) is 2. The molecule has 0 aliphatic carbocycles. The summed E-state index contributed by atoms with van der Waals surface area (Å²) in [6.45, 7) is 12.2. The van der Waals surface area contributed by atoms with E-state index in [-0.39, 0.29) is 11.8 Å². The van der Waals surface area contributed by atoms with Gasteiger partial charge in [0.05, 0.1) is 13.2 Å². The van der Waals surface area contributed by atoms with E-state index in [9.17, 15) is 0 Å². The van der Waals surface area contributed by atoms with Crippen molar-refractivity contribution in [3.63, 3.8) is 0 Å². The molecule has 0 aromatic rings. The summed E-state index contributed by atoms with van der Waals surface area (Å²) in [4.78, 5) is 0. The van der Waals surface area contributed by atoms with Gasteiger partial charge >= 0.3 is 8.80 Å². The zero-order valence-electron chi connectivity index (χ0n) is 16.9. The van der Waals surface area contributed by atoms with Crippen molar-refractivity contribution in [2.24, 2.45) is 0 Å². The van der Waals surface area contributed by atoms with Crippen LogP contribution >= 0.6 is 0 Å². The maximum Gasteiger partial charge on any atom is 0.531 e. The van der Waals surface area contributed by atoms with Gasteiger partial charge in [0.1, 0.15) is 11.8 Å². The van der Waals surface area contributed by atoms with Crippen LogP contribution in [0.3, 0.4) is 0 Å². The highest BCUT2D eigenvalue weighted by Gasteiger charge is 2.51. The molecule has 2 unspecified atom stereocenters. The third-order valence-electron chi connectivity index (χ3n) is 4.23. The summed E-state index contributed by atoms with van der Waals surface area (Å²) in [5, 5.41) is 0. The molecule has 0 saturated carbocycles. The van der Waals surface area contributed by atoms with Crippen LogP contribution in [0.15, 0.2) is 0 Å².